The molecule has 0 saturated heterocycles. The molecule has 2 atom stereocenters. The van der Waals surface area contributed by atoms with Gasteiger partial charge in [-0.05, 0) is 35.7 Å². The number of benzene rings is 2. The third kappa shape index (κ3) is 5.55. The van der Waals surface area contributed by atoms with Crippen molar-refractivity contribution in [3.8, 4) is 5.75 Å². The summed E-state index contributed by atoms with van der Waals surface area (Å²) in [5.74, 6) is -1.40. The van der Waals surface area contributed by atoms with Crippen LogP contribution in [0.3, 0.4) is 0 Å². The Balaban J connectivity index is 1.73. The van der Waals surface area contributed by atoms with E-state index in [0.717, 1.165) is 29.0 Å². The number of halogens is 4. The predicted molar refractivity (Wildman–Crippen MR) is 149 cm³/mol. The van der Waals surface area contributed by atoms with Crippen LogP contribution in [0, 0.1) is 0 Å². The molecule has 1 amide bonds. The minimum atomic E-state index is -4.79. The molecule has 2 aliphatic heterocycles. The van der Waals surface area contributed by atoms with Crippen LogP contribution in [0.4, 0.5) is 18.0 Å². The number of carbonyl (C=O) groups is 2. The van der Waals surface area contributed by atoms with Gasteiger partial charge in [0.2, 0.25) is 11.2 Å². The van der Waals surface area contributed by atoms with E-state index in [-0.39, 0.29) is 13.2 Å². The molecule has 1 aromatic heterocycles. The highest BCUT2D eigenvalue weighted by Gasteiger charge is 2.48. The molecule has 42 heavy (non-hydrogen) atoms. The van der Waals surface area contributed by atoms with Crippen molar-refractivity contribution < 1.29 is 37.0 Å². The maximum atomic E-state index is 14.1. The van der Waals surface area contributed by atoms with Gasteiger partial charge in [-0.1, -0.05) is 41.9 Å². The number of carbonyl (C=O) groups excluding carboxylic acids is 2. The molecule has 2 aromatic carbocycles. The molecule has 0 unspecified atom stereocenters. The molecule has 0 radical (unpaired) electrons. The van der Waals surface area contributed by atoms with E-state index < -0.39 is 53.9 Å². The molecule has 0 fully saturated rings. The zero-order valence-corrected chi connectivity index (χ0v) is 24.0. The molecule has 222 valence electrons. The van der Waals surface area contributed by atoms with E-state index in [2.05, 4.69) is 0 Å². The molecular weight excluding hydrogens is 599 g/mol. The minimum absolute atomic E-state index is 0.0334. The van der Waals surface area contributed by atoms with Gasteiger partial charge in [0.25, 0.3) is 5.91 Å². The smallest absolute Gasteiger partial charge is 0.432 e. The first-order chi connectivity index (χ1) is 20.0. The maximum absolute atomic E-state index is 14.1. The number of thioether (sulfide) groups is 1. The van der Waals surface area contributed by atoms with Gasteiger partial charge in [-0.3, -0.25) is 19.3 Å². The summed E-state index contributed by atoms with van der Waals surface area (Å²) in [5.41, 5.74) is 0.800. The molecule has 14 heteroatoms. The summed E-state index contributed by atoms with van der Waals surface area (Å²) in [6.07, 6.45) is -4.83. The largest absolute Gasteiger partial charge is 0.514 e. The van der Waals surface area contributed by atoms with Crippen LogP contribution < -0.4 is 15.2 Å². The Morgan fingerprint density at radius 1 is 1.10 bits per heavy atom. The molecule has 0 aliphatic carbocycles. The number of fused-ring (bicyclic) bond motifs is 3. The standard InChI is InChI=1S/C28H25ClF3N3O6S/c1-16(28(30,31)32)33-15-35(23-17-7-5-8-20(29)19(17)14-42-22-9-4-3-6-18(22)23)34-11-10-21(36)25(24(34)26(33)37)41-27(38)40-13-12-39-2/h3-11,16,23H,12-15H2,1-2H3/t16-,23+/m1/s1. The molecule has 3 aromatic rings. The number of pyridine rings is 1. The quantitative estimate of drug-likeness (QED) is 0.268. The van der Waals surface area contributed by atoms with Crippen molar-refractivity contribution in [2.45, 2.75) is 35.8 Å². The normalized spacial score (nSPS) is 17.1. The number of amides is 1. The first-order valence-corrected chi connectivity index (χ1v) is 14.1. The molecule has 0 saturated carbocycles. The van der Waals surface area contributed by atoms with E-state index in [1.807, 2.05) is 30.3 Å². The van der Waals surface area contributed by atoms with Crippen molar-refractivity contribution in [2.75, 3.05) is 32.0 Å². The van der Waals surface area contributed by atoms with E-state index in [1.165, 1.54) is 34.8 Å². The topological polar surface area (TPSA) is 90.3 Å². The lowest BCUT2D eigenvalue weighted by Crippen LogP contribution is -2.60. The van der Waals surface area contributed by atoms with Gasteiger partial charge in [0, 0.05) is 35.0 Å². The lowest BCUT2D eigenvalue weighted by molar-refractivity contribution is -0.173. The fourth-order valence-electron chi connectivity index (χ4n) is 4.90. The molecule has 2 aliphatic rings. The van der Waals surface area contributed by atoms with E-state index in [1.54, 1.807) is 12.1 Å². The van der Waals surface area contributed by atoms with Gasteiger partial charge < -0.3 is 19.1 Å². The average Bonchev–Trinajstić information content (AvgIpc) is 3.12. The van der Waals surface area contributed by atoms with Crippen LogP contribution in [-0.4, -0.2) is 60.8 Å². The van der Waals surface area contributed by atoms with Gasteiger partial charge in [0.05, 0.1) is 12.6 Å². The van der Waals surface area contributed by atoms with Gasteiger partial charge >= 0.3 is 12.3 Å². The number of nitrogens with zero attached hydrogens (tertiary/aromatic N) is 3. The van der Waals surface area contributed by atoms with Crippen molar-refractivity contribution in [1.29, 1.82) is 0 Å². The number of ether oxygens (including phenoxy) is 3. The number of aromatic nitrogens is 1. The van der Waals surface area contributed by atoms with E-state index in [9.17, 15) is 27.6 Å². The van der Waals surface area contributed by atoms with Crippen LogP contribution in [0.5, 0.6) is 5.75 Å². The molecule has 5 rings (SSSR count). The maximum Gasteiger partial charge on any atom is 0.514 e. The molecule has 0 bridgehead atoms. The number of alkyl halides is 3. The Morgan fingerprint density at radius 3 is 2.57 bits per heavy atom. The Labute approximate surface area is 247 Å². The van der Waals surface area contributed by atoms with Gasteiger partial charge in [-0.2, -0.15) is 13.2 Å². The lowest BCUT2D eigenvalue weighted by atomic mass is 9.94. The zero-order valence-electron chi connectivity index (χ0n) is 22.4. The Kier molecular flexibility index (Phi) is 8.44. The highest BCUT2D eigenvalue weighted by molar-refractivity contribution is 7.98. The minimum Gasteiger partial charge on any atom is -0.432 e. The van der Waals surface area contributed by atoms with E-state index >= 15 is 0 Å². The third-order valence-corrected chi connectivity index (χ3v) is 8.51. The van der Waals surface area contributed by atoms with Crippen LogP contribution in [0.1, 0.15) is 40.1 Å². The first kappa shape index (κ1) is 29.8. The van der Waals surface area contributed by atoms with Crippen LogP contribution >= 0.6 is 23.4 Å². The molecule has 0 spiro atoms. The Bertz CT molecular complexity index is 1580. The second-order valence-electron chi connectivity index (χ2n) is 9.51. The summed E-state index contributed by atoms with van der Waals surface area (Å²) in [5, 5.41) is 2.01. The number of hydrogen-bond acceptors (Lipinski definition) is 8. The SMILES string of the molecule is COCCOC(=O)Oc1c2n(ccc1=O)N([C@@H]1c3ccccc3SCc3c(Cl)cccc31)CN([C@H](C)C(F)(F)F)C2=O. The summed E-state index contributed by atoms with van der Waals surface area (Å²) in [4.78, 5) is 40.6. The number of hydrogen-bond donors (Lipinski definition) is 0. The van der Waals surface area contributed by atoms with Gasteiger partial charge in [0.1, 0.15) is 19.3 Å². The highest BCUT2D eigenvalue weighted by atomic mass is 35.5. The second kappa shape index (κ2) is 11.9. The fourth-order valence-corrected chi connectivity index (χ4v) is 6.38. The number of methoxy groups -OCH3 is 1. The lowest BCUT2D eigenvalue weighted by Gasteiger charge is -2.46. The first-order valence-electron chi connectivity index (χ1n) is 12.8. The zero-order chi connectivity index (χ0) is 30.2. The van der Waals surface area contributed by atoms with Crippen molar-refractivity contribution in [1.82, 2.24) is 9.58 Å². The Morgan fingerprint density at radius 2 is 1.83 bits per heavy atom. The number of rotatable bonds is 6. The molecule has 3 heterocycles. The van der Waals surface area contributed by atoms with Crippen molar-refractivity contribution in [3.05, 3.63) is 92.4 Å². The average molecular weight is 624 g/mol. The third-order valence-electron chi connectivity index (χ3n) is 7.04. The van der Waals surface area contributed by atoms with Gasteiger partial charge in [0.15, 0.2) is 5.69 Å². The van der Waals surface area contributed by atoms with Crippen LogP contribution in [0.2, 0.25) is 5.02 Å². The molecule has 9 nitrogen and oxygen atoms in total. The summed E-state index contributed by atoms with van der Waals surface area (Å²) < 4.78 is 58.4. The molecular formula is C28H25ClF3N3O6S. The second-order valence-corrected chi connectivity index (χ2v) is 10.9. The Hall–Kier alpha value is -3.68. The van der Waals surface area contributed by atoms with Crippen molar-refractivity contribution in [3.63, 3.8) is 0 Å². The monoisotopic (exact) mass is 623 g/mol. The van der Waals surface area contributed by atoms with Crippen LogP contribution in [0.25, 0.3) is 0 Å². The van der Waals surface area contributed by atoms with E-state index in [4.69, 9.17) is 25.8 Å². The van der Waals surface area contributed by atoms with Crippen LogP contribution in [0.15, 0.2) is 64.4 Å². The summed E-state index contributed by atoms with van der Waals surface area (Å²) in [6, 6.07) is 10.8. The summed E-state index contributed by atoms with van der Waals surface area (Å²) >= 11 is 8.13. The fraction of sp³-hybridized carbons (Fsp3) is 0.321. The van der Waals surface area contributed by atoms with Crippen molar-refractivity contribution in [2.24, 2.45) is 0 Å². The van der Waals surface area contributed by atoms with Crippen molar-refractivity contribution >= 4 is 35.4 Å². The molecule has 0 N–H and O–H groups in total. The predicted octanol–water partition coefficient (Wildman–Crippen LogP) is 5.36. The van der Waals surface area contributed by atoms with Gasteiger partial charge in [-0.25, -0.2) is 4.79 Å². The van der Waals surface area contributed by atoms with E-state index in [0.29, 0.717) is 21.2 Å². The summed E-state index contributed by atoms with van der Waals surface area (Å²) in [6.45, 7) is 0.166. The van der Waals surface area contributed by atoms with Crippen LogP contribution in [-0.2, 0) is 15.2 Å². The highest BCUT2D eigenvalue weighted by Crippen LogP contribution is 2.45. The van der Waals surface area contributed by atoms with Gasteiger partial charge in [-0.15, -0.1) is 11.8 Å². The summed E-state index contributed by atoms with van der Waals surface area (Å²) in [7, 11) is 1.38.